The Bertz CT molecular complexity index is 492. The number of pyridine rings is 1. The van der Waals surface area contributed by atoms with Gasteiger partial charge in [0, 0.05) is 18.5 Å². The molecule has 1 N–H and O–H groups in total. The number of rotatable bonds is 3. The summed E-state index contributed by atoms with van der Waals surface area (Å²) in [7, 11) is 0. The normalized spacial score (nSPS) is 10.6. The lowest BCUT2D eigenvalue weighted by atomic mass is 10.2. The molecule has 0 unspecified atom stereocenters. The van der Waals surface area contributed by atoms with E-state index in [-0.39, 0.29) is 5.75 Å². The van der Waals surface area contributed by atoms with Crippen molar-refractivity contribution >= 4 is 16.7 Å². The summed E-state index contributed by atoms with van der Waals surface area (Å²) in [5.41, 5.74) is 0.673. The van der Waals surface area contributed by atoms with Gasteiger partial charge in [0.1, 0.15) is 17.1 Å². The number of hydrogen-bond donors (Lipinski definition) is 1. The molecule has 0 spiro atoms. The summed E-state index contributed by atoms with van der Waals surface area (Å²) in [5.74, 6) is 1.16. The van der Waals surface area contributed by atoms with Gasteiger partial charge >= 0.3 is 0 Å². The second-order valence-electron chi connectivity index (χ2n) is 3.69. The lowest BCUT2D eigenvalue weighted by molar-refractivity contribution is 0.480. The first kappa shape index (κ1) is 10.7. The molecule has 0 radical (unpaired) electrons. The van der Waals surface area contributed by atoms with Crippen LogP contribution in [0.25, 0.3) is 10.9 Å². The molecule has 2 rings (SSSR count). The molecule has 0 fully saturated rings. The van der Waals surface area contributed by atoms with Crippen molar-refractivity contribution in [3.05, 3.63) is 30.3 Å². The first-order valence-electron chi connectivity index (χ1n) is 5.60. The van der Waals surface area contributed by atoms with Crippen LogP contribution in [0.2, 0.25) is 0 Å². The van der Waals surface area contributed by atoms with E-state index >= 15 is 0 Å². The van der Waals surface area contributed by atoms with Crippen molar-refractivity contribution in [1.29, 1.82) is 0 Å². The zero-order chi connectivity index (χ0) is 11.5. The van der Waals surface area contributed by atoms with Gasteiger partial charge in [0.25, 0.3) is 0 Å². The van der Waals surface area contributed by atoms with Gasteiger partial charge in [-0.05, 0) is 32.0 Å². The van der Waals surface area contributed by atoms with E-state index in [0.717, 1.165) is 24.3 Å². The van der Waals surface area contributed by atoms with E-state index in [1.807, 2.05) is 24.3 Å². The van der Waals surface area contributed by atoms with Crippen LogP contribution in [-0.4, -0.2) is 23.2 Å². The number of nitrogens with zero attached hydrogens (tertiary/aromatic N) is 2. The molecule has 0 aliphatic heterocycles. The summed E-state index contributed by atoms with van der Waals surface area (Å²) in [6, 6.07) is 9.44. The molecule has 0 atom stereocenters. The number of phenolic OH excluding ortho intramolecular Hbond substituents is 1. The van der Waals surface area contributed by atoms with Gasteiger partial charge in [0.15, 0.2) is 0 Å². The molecule has 1 aromatic carbocycles. The van der Waals surface area contributed by atoms with E-state index in [4.69, 9.17) is 0 Å². The van der Waals surface area contributed by atoms with Crippen molar-refractivity contribution in [2.45, 2.75) is 13.8 Å². The van der Waals surface area contributed by atoms with E-state index in [1.165, 1.54) is 0 Å². The zero-order valence-electron chi connectivity index (χ0n) is 9.64. The lowest BCUT2D eigenvalue weighted by Crippen LogP contribution is -2.22. The van der Waals surface area contributed by atoms with Gasteiger partial charge in [-0.3, -0.25) is 0 Å². The molecular formula is C13H16N2O. The number of fused-ring (bicyclic) bond motifs is 1. The zero-order valence-corrected chi connectivity index (χ0v) is 9.64. The SMILES string of the molecule is CCN(CC)c1ccc2cccc(O)c2n1. The van der Waals surface area contributed by atoms with E-state index in [2.05, 4.69) is 23.7 Å². The average Bonchev–Trinajstić information content (AvgIpc) is 2.32. The van der Waals surface area contributed by atoms with Crippen LogP contribution in [0.4, 0.5) is 5.82 Å². The summed E-state index contributed by atoms with van der Waals surface area (Å²) in [5, 5.41) is 10.7. The third-order valence-electron chi connectivity index (χ3n) is 2.77. The minimum absolute atomic E-state index is 0.242. The van der Waals surface area contributed by atoms with Crippen LogP contribution in [0.3, 0.4) is 0 Å². The van der Waals surface area contributed by atoms with Crippen LogP contribution >= 0.6 is 0 Å². The monoisotopic (exact) mass is 216 g/mol. The van der Waals surface area contributed by atoms with Crippen molar-refractivity contribution in [2.24, 2.45) is 0 Å². The number of aromatic nitrogens is 1. The van der Waals surface area contributed by atoms with Crippen molar-refractivity contribution < 1.29 is 5.11 Å². The smallest absolute Gasteiger partial charge is 0.141 e. The van der Waals surface area contributed by atoms with Gasteiger partial charge in [0.05, 0.1) is 0 Å². The summed E-state index contributed by atoms with van der Waals surface area (Å²) in [4.78, 5) is 6.65. The van der Waals surface area contributed by atoms with E-state index in [9.17, 15) is 5.11 Å². The largest absolute Gasteiger partial charge is 0.506 e. The summed E-state index contributed by atoms with van der Waals surface area (Å²) in [6.07, 6.45) is 0. The molecular weight excluding hydrogens is 200 g/mol. The van der Waals surface area contributed by atoms with Gasteiger partial charge in [-0.25, -0.2) is 4.98 Å². The highest BCUT2D eigenvalue weighted by molar-refractivity contribution is 5.85. The third kappa shape index (κ3) is 1.81. The Labute approximate surface area is 95.3 Å². The standard InChI is InChI=1S/C13H16N2O/c1-3-15(4-2)12-9-8-10-6-5-7-11(16)13(10)14-12/h5-9,16H,3-4H2,1-2H3. The molecule has 0 amide bonds. The Balaban J connectivity index is 2.54. The van der Waals surface area contributed by atoms with E-state index in [1.54, 1.807) is 6.07 Å². The van der Waals surface area contributed by atoms with E-state index in [0.29, 0.717) is 5.52 Å². The highest BCUT2D eigenvalue weighted by Crippen LogP contribution is 2.24. The quantitative estimate of drug-likeness (QED) is 0.857. The predicted octanol–water partition coefficient (Wildman–Crippen LogP) is 2.79. The number of hydrogen-bond acceptors (Lipinski definition) is 3. The fraction of sp³-hybridized carbons (Fsp3) is 0.308. The second-order valence-corrected chi connectivity index (χ2v) is 3.69. The number of para-hydroxylation sites is 1. The Morgan fingerprint density at radius 3 is 2.56 bits per heavy atom. The number of anilines is 1. The van der Waals surface area contributed by atoms with Gasteiger partial charge < -0.3 is 10.0 Å². The van der Waals surface area contributed by atoms with Crippen molar-refractivity contribution in [3.63, 3.8) is 0 Å². The predicted molar refractivity (Wildman–Crippen MR) is 67.0 cm³/mol. The van der Waals surface area contributed by atoms with Gasteiger partial charge in [-0.2, -0.15) is 0 Å². The molecule has 84 valence electrons. The van der Waals surface area contributed by atoms with Crippen LogP contribution in [0.5, 0.6) is 5.75 Å². The van der Waals surface area contributed by atoms with Crippen LogP contribution < -0.4 is 4.90 Å². The molecule has 0 saturated heterocycles. The minimum atomic E-state index is 0.242. The topological polar surface area (TPSA) is 36.4 Å². The molecule has 0 aliphatic rings. The second kappa shape index (κ2) is 4.39. The first-order chi connectivity index (χ1) is 7.76. The van der Waals surface area contributed by atoms with Gasteiger partial charge in [0.2, 0.25) is 0 Å². The van der Waals surface area contributed by atoms with E-state index < -0.39 is 0 Å². The third-order valence-corrected chi connectivity index (χ3v) is 2.77. The van der Waals surface area contributed by atoms with Crippen LogP contribution in [0.15, 0.2) is 30.3 Å². The molecule has 0 aliphatic carbocycles. The molecule has 3 nitrogen and oxygen atoms in total. The number of aromatic hydroxyl groups is 1. The van der Waals surface area contributed by atoms with Crippen LogP contribution in [0, 0.1) is 0 Å². The molecule has 16 heavy (non-hydrogen) atoms. The fourth-order valence-corrected chi connectivity index (χ4v) is 1.84. The Kier molecular flexibility index (Phi) is 2.95. The maximum Gasteiger partial charge on any atom is 0.141 e. The fourth-order valence-electron chi connectivity index (χ4n) is 1.84. The van der Waals surface area contributed by atoms with Crippen LogP contribution in [-0.2, 0) is 0 Å². The average molecular weight is 216 g/mol. The maximum atomic E-state index is 9.74. The molecule has 1 aromatic heterocycles. The summed E-state index contributed by atoms with van der Waals surface area (Å²) >= 11 is 0. The molecule has 3 heteroatoms. The first-order valence-corrected chi connectivity index (χ1v) is 5.60. The van der Waals surface area contributed by atoms with Gasteiger partial charge in [-0.1, -0.05) is 12.1 Å². The lowest BCUT2D eigenvalue weighted by Gasteiger charge is -2.19. The van der Waals surface area contributed by atoms with Crippen molar-refractivity contribution in [1.82, 2.24) is 4.98 Å². The highest BCUT2D eigenvalue weighted by Gasteiger charge is 2.06. The summed E-state index contributed by atoms with van der Waals surface area (Å²) in [6.45, 7) is 6.03. The van der Waals surface area contributed by atoms with Crippen molar-refractivity contribution in [3.8, 4) is 5.75 Å². The maximum absolute atomic E-state index is 9.74. The van der Waals surface area contributed by atoms with Crippen molar-refractivity contribution in [2.75, 3.05) is 18.0 Å². The highest BCUT2D eigenvalue weighted by atomic mass is 16.3. The van der Waals surface area contributed by atoms with Gasteiger partial charge in [-0.15, -0.1) is 0 Å². The Morgan fingerprint density at radius 1 is 1.12 bits per heavy atom. The number of benzene rings is 1. The van der Waals surface area contributed by atoms with Crippen LogP contribution in [0.1, 0.15) is 13.8 Å². The summed E-state index contributed by atoms with van der Waals surface area (Å²) < 4.78 is 0. The molecule has 0 bridgehead atoms. The molecule has 1 heterocycles. The minimum Gasteiger partial charge on any atom is -0.506 e. The molecule has 0 saturated carbocycles. The Hall–Kier alpha value is -1.77. The Morgan fingerprint density at radius 2 is 1.88 bits per heavy atom. The number of phenols is 1. The molecule has 2 aromatic rings.